The molecule has 0 atom stereocenters. The van der Waals surface area contributed by atoms with Crippen LogP contribution in [0.4, 0.5) is 14.5 Å². The molecule has 4 rings (SSSR count). The number of carbonyl (C=O) groups is 1. The van der Waals surface area contributed by atoms with Crippen molar-refractivity contribution in [1.29, 1.82) is 0 Å². The molecule has 1 heterocycles. The first-order chi connectivity index (χ1) is 13.0. The SMILES string of the molecule is O=C(Nc1cccc(-c2ccc(F)cc2)c1F)c1cc2ccc(O)cc2[nH]1. The van der Waals surface area contributed by atoms with Crippen molar-refractivity contribution in [2.45, 2.75) is 0 Å². The van der Waals surface area contributed by atoms with Gasteiger partial charge in [0.25, 0.3) is 5.91 Å². The highest BCUT2D eigenvalue weighted by Crippen LogP contribution is 2.28. The van der Waals surface area contributed by atoms with Gasteiger partial charge in [-0.05, 0) is 42.0 Å². The summed E-state index contributed by atoms with van der Waals surface area (Å²) >= 11 is 0. The first kappa shape index (κ1) is 16.8. The van der Waals surface area contributed by atoms with Gasteiger partial charge >= 0.3 is 0 Å². The molecule has 0 fully saturated rings. The average Bonchev–Trinajstić information content (AvgIpc) is 3.07. The molecule has 0 aliphatic heterocycles. The number of anilines is 1. The van der Waals surface area contributed by atoms with Crippen molar-refractivity contribution >= 4 is 22.5 Å². The van der Waals surface area contributed by atoms with Crippen LogP contribution in [-0.2, 0) is 0 Å². The first-order valence-corrected chi connectivity index (χ1v) is 8.19. The largest absolute Gasteiger partial charge is 0.508 e. The first-order valence-electron chi connectivity index (χ1n) is 8.19. The van der Waals surface area contributed by atoms with Gasteiger partial charge in [0.05, 0.1) is 5.69 Å². The number of aromatic amines is 1. The van der Waals surface area contributed by atoms with Crippen LogP contribution in [-0.4, -0.2) is 16.0 Å². The Kier molecular flexibility index (Phi) is 4.08. The summed E-state index contributed by atoms with van der Waals surface area (Å²) in [4.78, 5) is 15.4. The highest BCUT2D eigenvalue weighted by atomic mass is 19.1. The van der Waals surface area contributed by atoms with Gasteiger partial charge in [-0.25, -0.2) is 8.78 Å². The van der Waals surface area contributed by atoms with E-state index in [2.05, 4.69) is 10.3 Å². The van der Waals surface area contributed by atoms with Crippen molar-refractivity contribution in [3.63, 3.8) is 0 Å². The van der Waals surface area contributed by atoms with Gasteiger partial charge in [-0.15, -0.1) is 0 Å². The van der Waals surface area contributed by atoms with Crippen LogP contribution in [0.2, 0.25) is 0 Å². The average molecular weight is 364 g/mol. The maximum atomic E-state index is 14.8. The van der Waals surface area contributed by atoms with Crippen LogP contribution in [0.25, 0.3) is 22.0 Å². The highest BCUT2D eigenvalue weighted by molar-refractivity contribution is 6.06. The van der Waals surface area contributed by atoms with Crippen LogP contribution >= 0.6 is 0 Å². The van der Waals surface area contributed by atoms with E-state index < -0.39 is 17.5 Å². The summed E-state index contributed by atoms with van der Waals surface area (Å²) in [6, 6.07) is 16.4. The quantitative estimate of drug-likeness (QED) is 0.475. The number of amides is 1. The topological polar surface area (TPSA) is 65.1 Å². The Hall–Kier alpha value is -3.67. The lowest BCUT2D eigenvalue weighted by Crippen LogP contribution is -2.13. The van der Waals surface area contributed by atoms with Crippen LogP contribution in [0.5, 0.6) is 5.75 Å². The molecular weight excluding hydrogens is 350 g/mol. The van der Waals surface area contributed by atoms with E-state index in [0.29, 0.717) is 11.1 Å². The van der Waals surface area contributed by atoms with Gasteiger partial charge in [0.1, 0.15) is 17.3 Å². The highest BCUT2D eigenvalue weighted by Gasteiger charge is 2.15. The van der Waals surface area contributed by atoms with Crippen molar-refractivity contribution in [2.75, 3.05) is 5.32 Å². The molecular formula is C21H14F2N2O2. The van der Waals surface area contributed by atoms with Gasteiger partial charge in [-0.1, -0.05) is 24.3 Å². The minimum Gasteiger partial charge on any atom is -0.508 e. The predicted octanol–water partition coefficient (Wildman–Crippen LogP) is 5.07. The van der Waals surface area contributed by atoms with Crippen molar-refractivity contribution in [1.82, 2.24) is 4.98 Å². The van der Waals surface area contributed by atoms with Crippen molar-refractivity contribution in [2.24, 2.45) is 0 Å². The number of rotatable bonds is 3. The van der Waals surface area contributed by atoms with E-state index in [-0.39, 0.29) is 22.7 Å². The van der Waals surface area contributed by atoms with Gasteiger partial charge < -0.3 is 15.4 Å². The standard InChI is InChI=1S/C21H14F2N2O2/c22-14-7-4-12(5-8-14)16-2-1-3-17(20(16)23)25-21(27)19-10-13-6-9-15(26)11-18(13)24-19/h1-11,24,26H,(H,25,27). The van der Waals surface area contributed by atoms with E-state index in [4.69, 9.17) is 0 Å². The summed E-state index contributed by atoms with van der Waals surface area (Å²) in [5, 5.41) is 12.8. The number of hydrogen-bond donors (Lipinski definition) is 3. The zero-order valence-corrected chi connectivity index (χ0v) is 14.0. The molecule has 0 unspecified atom stereocenters. The number of fused-ring (bicyclic) bond motifs is 1. The number of hydrogen-bond acceptors (Lipinski definition) is 2. The number of nitrogens with one attached hydrogen (secondary N) is 2. The number of aromatic nitrogens is 1. The van der Waals surface area contributed by atoms with Crippen LogP contribution in [0, 0.1) is 11.6 Å². The molecule has 0 aliphatic rings. The third-order valence-corrected chi connectivity index (χ3v) is 4.25. The predicted molar refractivity (Wildman–Crippen MR) is 99.7 cm³/mol. The third kappa shape index (κ3) is 3.25. The number of H-pyrrole nitrogens is 1. The number of benzene rings is 3. The molecule has 0 radical (unpaired) electrons. The molecule has 27 heavy (non-hydrogen) atoms. The smallest absolute Gasteiger partial charge is 0.272 e. The molecule has 4 aromatic rings. The number of carbonyl (C=O) groups excluding carboxylic acids is 1. The summed E-state index contributed by atoms with van der Waals surface area (Å²) in [6.45, 7) is 0. The molecule has 1 aromatic heterocycles. The van der Waals surface area contributed by atoms with E-state index in [0.717, 1.165) is 5.39 Å². The fraction of sp³-hybridized carbons (Fsp3) is 0. The van der Waals surface area contributed by atoms with E-state index in [9.17, 15) is 18.7 Å². The van der Waals surface area contributed by atoms with Gasteiger partial charge in [0, 0.05) is 22.5 Å². The monoisotopic (exact) mass is 364 g/mol. The minimum absolute atomic E-state index is 0.0170. The lowest BCUT2D eigenvalue weighted by atomic mass is 10.0. The molecule has 6 heteroatoms. The molecule has 3 aromatic carbocycles. The van der Waals surface area contributed by atoms with Gasteiger partial charge in [0.15, 0.2) is 5.82 Å². The van der Waals surface area contributed by atoms with Crippen molar-refractivity contribution in [3.8, 4) is 16.9 Å². The Bertz CT molecular complexity index is 1150. The van der Waals surface area contributed by atoms with Crippen molar-refractivity contribution < 1.29 is 18.7 Å². The fourth-order valence-electron chi connectivity index (χ4n) is 2.91. The maximum absolute atomic E-state index is 14.8. The zero-order chi connectivity index (χ0) is 19.0. The van der Waals surface area contributed by atoms with Crippen LogP contribution < -0.4 is 5.32 Å². The Morgan fingerprint density at radius 2 is 1.74 bits per heavy atom. The second-order valence-electron chi connectivity index (χ2n) is 6.08. The molecule has 0 saturated carbocycles. The lowest BCUT2D eigenvalue weighted by molar-refractivity contribution is 0.102. The molecule has 0 spiro atoms. The van der Waals surface area contributed by atoms with E-state index in [1.54, 1.807) is 24.3 Å². The lowest BCUT2D eigenvalue weighted by Gasteiger charge is -2.09. The molecule has 1 amide bonds. The molecule has 0 bridgehead atoms. The Morgan fingerprint density at radius 1 is 0.963 bits per heavy atom. The van der Waals surface area contributed by atoms with Crippen molar-refractivity contribution in [3.05, 3.63) is 84.1 Å². The van der Waals surface area contributed by atoms with Crippen LogP contribution in [0.15, 0.2) is 66.7 Å². The Morgan fingerprint density at radius 3 is 2.52 bits per heavy atom. The van der Waals surface area contributed by atoms with E-state index >= 15 is 0 Å². The fourth-order valence-corrected chi connectivity index (χ4v) is 2.91. The van der Waals surface area contributed by atoms with E-state index in [1.807, 2.05) is 0 Å². The summed E-state index contributed by atoms with van der Waals surface area (Å²) in [5.74, 6) is -1.45. The second-order valence-corrected chi connectivity index (χ2v) is 6.08. The molecule has 3 N–H and O–H groups in total. The van der Waals surface area contributed by atoms with Gasteiger partial charge in [0.2, 0.25) is 0 Å². The molecule has 0 saturated heterocycles. The van der Waals surface area contributed by atoms with E-state index in [1.165, 1.54) is 42.5 Å². The zero-order valence-electron chi connectivity index (χ0n) is 14.0. The maximum Gasteiger partial charge on any atom is 0.272 e. The minimum atomic E-state index is -0.605. The number of aromatic hydroxyl groups is 1. The van der Waals surface area contributed by atoms with Gasteiger partial charge in [-0.3, -0.25) is 4.79 Å². The third-order valence-electron chi connectivity index (χ3n) is 4.25. The molecule has 134 valence electrons. The van der Waals surface area contributed by atoms with Gasteiger partial charge in [-0.2, -0.15) is 0 Å². The van der Waals surface area contributed by atoms with Crippen LogP contribution in [0.1, 0.15) is 10.5 Å². The number of phenols is 1. The van der Waals surface area contributed by atoms with Crippen LogP contribution in [0.3, 0.4) is 0 Å². The number of phenolic OH excluding ortho intramolecular Hbond substituents is 1. The normalized spacial score (nSPS) is 10.9. The Balaban J connectivity index is 1.64. The molecule has 4 nitrogen and oxygen atoms in total. The summed E-state index contributed by atoms with van der Waals surface area (Å²) in [6.07, 6.45) is 0. The summed E-state index contributed by atoms with van der Waals surface area (Å²) in [5.41, 5.74) is 1.62. The second kappa shape index (κ2) is 6.57. The summed E-state index contributed by atoms with van der Waals surface area (Å²) < 4.78 is 27.9. The Labute approximate surface area is 153 Å². The number of halogens is 2. The summed E-state index contributed by atoms with van der Waals surface area (Å²) in [7, 11) is 0. The molecule has 0 aliphatic carbocycles.